The van der Waals surface area contributed by atoms with Gasteiger partial charge in [-0.05, 0) is 42.8 Å². The van der Waals surface area contributed by atoms with E-state index in [9.17, 15) is 18.0 Å². The molecule has 1 aliphatic rings. The van der Waals surface area contributed by atoms with Gasteiger partial charge in [-0.3, -0.25) is 14.5 Å². The van der Waals surface area contributed by atoms with Crippen molar-refractivity contribution >= 4 is 28.1 Å². The third-order valence-electron chi connectivity index (χ3n) is 5.20. The summed E-state index contributed by atoms with van der Waals surface area (Å²) in [5.74, 6) is -0.112. The lowest BCUT2D eigenvalue weighted by atomic mass is 10.2. The van der Waals surface area contributed by atoms with Gasteiger partial charge in [-0.15, -0.1) is 0 Å². The van der Waals surface area contributed by atoms with Gasteiger partial charge in [0.15, 0.2) is 11.5 Å². The average Bonchev–Trinajstić information content (AvgIpc) is 2.80. The molecule has 0 radical (unpaired) electrons. The van der Waals surface area contributed by atoms with E-state index in [4.69, 9.17) is 9.47 Å². The first-order chi connectivity index (χ1) is 16.2. The predicted octanol–water partition coefficient (Wildman–Crippen LogP) is 1.39. The maximum absolute atomic E-state index is 12.8. The first-order valence-corrected chi connectivity index (χ1v) is 12.1. The van der Waals surface area contributed by atoms with Crippen LogP contribution in [-0.4, -0.2) is 75.5 Å². The molecule has 10 nitrogen and oxygen atoms in total. The van der Waals surface area contributed by atoms with Crippen LogP contribution in [0.3, 0.4) is 0 Å². The number of amides is 1. The molecule has 11 heteroatoms. The Morgan fingerprint density at radius 3 is 2.35 bits per heavy atom. The van der Waals surface area contributed by atoms with Crippen LogP contribution in [0.2, 0.25) is 0 Å². The number of sulfonamides is 1. The van der Waals surface area contributed by atoms with E-state index < -0.39 is 16.0 Å². The molecule has 0 atom stereocenters. The number of rotatable bonds is 8. The molecular formula is C23H28N4O6S. The maximum atomic E-state index is 12.8. The lowest BCUT2D eigenvalue weighted by Gasteiger charge is -2.33. The summed E-state index contributed by atoms with van der Waals surface area (Å²) in [7, 11) is -2.09. The van der Waals surface area contributed by atoms with Crippen molar-refractivity contribution in [1.82, 2.24) is 14.6 Å². The summed E-state index contributed by atoms with van der Waals surface area (Å²) in [5, 5.41) is 3.95. The van der Waals surface area contributed by atoms with Crippen LogP contribution in [0.5, 0.6) is 11.5 Å². The molecule has 1 saturated heterocycles. The summed E-state index contributed by atoms with van der Waals surface area (Å²) in [6.07, 6.45) is 1.45. The van der Waals surface area contributed by atoms with Crippen LogP contribution in [0, 0.1) is 6.92 Å². The smallest absolute Gasteiger partial charge is 0.308 e. The third-order valence-corrected chi connectivity index (χ3v) is 7.11. The zero-order chi connectivity index (χ0) is 24.7. The van der Waals surface area contributed by atoms with E-state index >= 15 is 0 Å². The van der Waals surface area contributed by atoms with Gasteiger partial charge in [0, 0.05) is 33.1 Å². The Morgan fingerprint density at radius 1 is 1.06 bits per heavy atom. The van der Waals surface area contributed by atoms with E-state index in [0.29, 0.717) is 43.2 Å². The molecular weight excluding hydrogens is 460 g/mol. The predicted molar refractivity (Wildman–Crippen MR) is 126 cm³/mol. The average molecular weight is 489 g/mol. The molecule has 1 N–H and O–H groups in total. The van der Waals surface area contributed by atoms with Gasteiger partial charge < -0.3 is 9.47 Å². The molecule has 0 saturated carbocycles. The Kier molecular flexibility index (Phi) is 8.37. The monoisotopic (exact) mass is 488 g/mol. The Bertz CT molecular complexity index is 1160. The number of carbonyl (C=O) groups excluding carboxylic acids is 2. The Morgan fingerprint density at radius 2 is 1.74 bits per heavy atom. The molecule has 2 aromatic carbocycles. The quantitative estimate of drug-likeness (QED) is 0.258. The van der Waals surface area contributed by atoms with E-state index in [1.807, 2.05) is 11.8 Å². The summed E-state index contributed by atoms with van der Waals surface area (Å²) >= 11 is 0. The van der Waals surface area contributed by atoms with Crippen LogP contribution in [-0.2, 0) is 19.6 Å². The highest BCUT2D eigenvalue weighted by atomic mass is 32.2. The molecule has 1 aliphatic heterocycles. The molecule has 1 heterocycles. The largest absolute Gasteiger partial charge is 0.493 e. The third kappa shape index (κ3) is 6.62. The SMILES string of the molecule is COc1cc(C=NNC(=O)CN2CCN(S(=O)(=O)c3ccc(C)cc3)CC2)ccc1OC(C)=O. The van der Waals surface area contributed by atoms with Gasteiger partial charge in [-0.25, -0.2) is 13.8 Å². The topological polar surface area (TPSA) is 118 Å². The highest BCUT2D eigenvalue weighted by Crippen LogP contribution is 2.27. The van der Waals surface area contributed by atoms with Crippen molar-refractivity contribution in [2.75, 3.05) is 39.8 Å². The second-order valence-corrected chi connectivity index (χ2v) is 9.73. The van der Waals surface area contributed by atoms with Crippen LogP contribution in [0.25, 0.3) is 0 Å². The minimum Gasteiger partial charge on any atom is -0.493 e. The van der Waals surface area contributed by atoms with Crippen molar-refractivity contribution in [3.63, 3.8) is 0 Å². The number of ether oxygens (including phenoxy) is 2. The number of piperazine rings is 1. The van der Waals surface area contributed by atoms with Crippen molar-refractivity contribution < 1.29 is 27.5 Å². The summed E-state index contributed by atoms with van der Waals surface area (Å²) in [6, 6.07) is 11.7. The lowest BCUT2D eigenvalue weighted by Crippen LogP contribution is -2.50. The van der Waals surface area contributed by atoms with Gasteiger partial charge >= 0.3 is 5.97 Å². The van der Waals surface area contributed by atoms with Crippen molar-refractivity contribution in [3.8, 4) is 11.5 Å². The number of hydrazone groups is 1. The second-order valence-electron chi connectivity index (χ2n) is 7.79. The molecule has 1 fully saturated rings. The fourth-order valence-corrected chi connectivity index (χ4v) is 4.83. The van der Waals surface area contributed by atoms with Crippen molar-refractivity contribution in [1.29, 1.82) is 0 Å². The normalized spacial score (nSPS) is 15.3. The van der Waals surface area contributed by atoms with E-state index in [2.05, 4.69) is 10.5 Å². The first-order valence-electron chi connectivity index (χ1n) is 10.7. The fraction of sp³-hybridized carbons (Fsp3) is 0.348. The standard InChI is InChI=1S/C23H28N4O6S/c1-17-4-7-20(8-5-17)34(30,31)27-12-10-26(11-13-27)16-23(29)25-24-15-19-6-9-21(33-18(2)28)22(14-19)32-3/h4-9,14-15H,10-13,16H2,1-3H3,(H,25,29). The highest BCUT2D eigenvalue weighted by molar-refractivity contribution is 7.89. The molecule has 0 aromatic heterocycles. The van der Waals surface area contributed by atoms with E-state index in [1.165, 1.54) is 24.6 Å². The second kappa shape index (κ2) is 11.2. The summed E-state index contributed by atoms with van der Waals surface area (Å²) < 4.78 is 37.3. The van der Waals surface area contributed by atoms with Crippen LogP contribution >= 0.6 is 0 Å². The van der Waals surface area contributed by atoms with Gasteiger partial charge in [-0.1, -0.05) is 17.7 Å². The minimum absolute atomic E-state index is 0.102. The number of aryl methyl sites for hydroxylation is 1. The van der Waals surface area contributed by atoms with Gasteiger partial charge in [0.2, 0.25) is 10.0 Å². The Labute approximate surface area is 199 Å². The summed E-state index contributed by atoms with van der Waals surface area (Å²) in [6.45, 7) is 4.80. The van der Waals surface area contributed by atoms with Gasteiger partial charge in [0.25, 0.3) is 5.91 Å². The minimum atomic E-state index is -3.55. The fourth-order valence-electron chi connectivity index (χ4n) is 3.41. The van der Waals surface area contributed by atoms with E-state index in [0.717, 1.165) is 5.56 Å². The zero-order valence-electron chi connectivity index (χ0n) is 19.4. The van der Waals surface area contributed by atoms with Gasteiger partial charge in [-0.2, -0.15) is 9.41 Å². The van der Waals surface area contributed by atoms with Crippen molar-refractivity contribution in [2.45, 2.75) is 18.7 Å². The molecule has 1 amide bonds. The molecule has 0 unspecified atom stereocenters. The van der Waals surface area contributed by atoms with Crippen LogP contribution in [0.15, 0.2) is 52.5 Å². The number of carbonyl (C=O) groups is 2. The molecule has 0 spiro atoms. The number of nitrogens with zero attached hydrogens (tertiary/aromatic N) is 3. The summed E-state index contributed by atoms with van der Waals surface area (Å²) in [5.41, 5.74) is 4.10. The van der Waals surface area contributed by atoms with Crippen molar-refractivity contribution in [3.05, 3.63) is 53.6 Å². The number of esters is 1. The number of nitrogens with one attached hydrogen (secondary N) is 1. The number of hydrogen-bond donors (Lipinski definition) is 1. The number of methoxy groups -OCH3 is 1. The molecule has 3 rings (SSSR count). The Balaban J connectivity index is 1.49. The lowest BCUT2D eigenvalue weighted by molar-refractivity contribution is -0.132. The van der Waals surface area contributed by atoms with Gasteiger partial charge in [0.1, 0.15) is 0 Å². The number of benzene rings is 2. The number of hydrogen-bond acceptors (Lipinski definition) is 8. The molecule has 34 heavy (non-hydrogen) atoms. The van der Waals surface area contributed by atoms with Crippen molar-refractivity contribution in [2.24, 2.45) is 5.10 Å². The van der Waals surface area contributed by atoms with E-state index in [-0.39, 0.29) is 17.3 Å². The molecule has 0 aliphatic carbocycles. The Hall–Kier alpha value is -3.28. The maximum Gasteiger partial charge on any atom is 0.308 e. The highest BCUT2D eigenvalue weighted by Gasteiger charge is 2.28. The van der Waals surface area contributed by atoms with Crippen LogP contribution < -0.4 is 14.9 Å². The van der Waals surface area contributed by atoms with Crippen LogP contribution in [0.1, 0.15) is 18.1 Å². The van der Waals surface area contributed by atoms with E-state index in [1.54, 1.807) is 42.5 Å². The van der Waals surface area contributed by atoms with Crippen LogP contribution in [0.4, 0.5) is 0 Å². The molecule has 182 valence electrons. The summed E-state index contributed by atoms with van der Waals surface area (Å²) in [4.78, 5) is 25.5. The zero-order valence-corrected chi connectivity index (χ0v) is 20.2. The van der Waals surface area contributed by atoms with Gasteiger partial charge in [0.05, 0.1) is 24.8 Å². The first kappa shape index (κ1) is 25.3. The molecule has 0 bridgehead atoms. The molecule has 2 aromatic rings.